The highest BCUT2D eigenvalue weighted by Crippen LogP contribution is 2.29. The van der Waals surface area contributed by atoms with Crippen molar-refractivity contribution in [3.63, 3.8) is 0 Å². The minimum Gasteiger partial charge on any atom is -0.463 e. The van der Waals surface area contributed by atoms with Gasteiger partial charge in [-0.3, -0.25) is 4.79 Å². The monoisotopic (exact) mass is 334 g/mol. The van der Waals surface area contributed by atoms with Crippen molar-refractivity contribution in [3.05, 3.63) is 70.7 Å². The summed E-state index contributed by atoms with van der Waals surface area (Å²) in [5.41, 5.74) is 1.63. The summed E-state index contributed by atoms with van der Waals surface area (Å²) in [6.45, 7) is 1.45. The van der Waals surface area contributed by atoms with Gasteiger partial charge in [-0.1, -0.05) is 60.1 Å². The molecule has 0 saturated heterocycles. The van der Waals surface area contributed by atoms with E-state index in [0.29, 0.717) is 17.2 Å². The van der Waals surface area contributed by atoms with E-state index in [0.717, 1.165) is 5.56 Å². The Kier molecular flexibility index (Phi) is 6.59. The minimum atomic E-state index is -1.01. The summed E-state index contributed by atoms with van der Waals surface area (Å²) in [6, 6.07) is 16.8. The quantitative estimate of drug-likeness (QED) is 0.787. The molecule has 0 saturated carbocycles. The standard InChI is InChI=1S/C18H19ClO4/c1-13(20)22-12-17(21)18(15-9-5-6-10-16(15)19)23-11-14-7-3-2-4-8-14/h2-10,17-18,21H,11-12H2,1H3/t17-,18?/m1/s1. The largest absolute Gasteiger partial charge is 0.463 e. The first-order chi connectivity index (χ1) is 11.1. The van der Waals surface area contributed by atoms with Crippen molar-refractivity contribution in [2.45, 2.75) is 25.7 Å². The number of halogens is 1. The third-order valence-corrected chi connectivity index (χ3v) is 3.64. The lowest BCUT2D eigenvalue weighted by molar-refractivity contribution is -0.148. The van der Waals surface area contributed by atoms with E-state index in [4.69, 9.17) is 21.1 Å². The number of aliphatic hydroxyl groups excluding tert-OH is 1. The number of rotatable bonds is 7. The van der Waals surface area contributed by atoms with Crippen LogP contribution in [0, 0.1) is 0 Å². The lowest BCUT2D eigenvalue weighted by Gasteiger charge is -2.24. The number of ether oxygens (including phenoxy) is 2. The summed E-state index contributed by atoms with van der Waals surface area (Å²) in [4.78, 5) is 11.0. The lowest BCUT2D eigenvalue weighted by atomic mass is 10.0. The van der Waals surface area contributed by atoms with E-state index in [1.165, 1.54) is 6.92 Å². The molecular weight excluding hydrogens is 316 g/mol. The van der Waals surface area contributed by atoms with E-state index in [1.807, 2.05) is 36.4 Å². The SMILES string of the molecule is CC(=O)OC[C@@H](O)C(OCc1ccccc1)c1ccccc1Cl. The molecule has 0 bridgehead atoms. The van der Waals surface area contributed by atoms with Gasteiger partial charge in [0.2, 0.25) is 0 Å². The number of carbonyl (C=O) groups excluding carboxylic acids is 1. The van der Waals surface area contributed by atoms with E-state index in [1.54, 1.807) is 18.2 Å². The Morgan fingerprint density at radius 1 is 1.13 bits per heavy atom. The van der Waals surface area contributed by atoms with Crippen LogP contribution in [0.4, 0.5) is 0 Å². The zero-order valence-corrected chi connectivity index (χ0v) is 13.6. The molecule has 5 heteroatoms. The zero-order chi connectivity index (χ0) is 16.7. The first kappa shape index (κ1) is 17.5. The molecule has 1 unspecified atom stereocenters. The van der Waals surface area contributed by atoms with Crippen LogP contribution in [0.25, 0.3) is 0 Å². The van der Waals surface area contributed by atoms with Crippen LogP contribution in [-0.4, -0.2) is 23.8 Å². The van der Waals surface area contributed by atoms with Gasteiger partial charge in [0.05, 0.1) is 6.61 Å². The predicted octanol–water partition coefficient (Wildman–Crippen LogP) is 3.52. The lowest BCUT2D eigenvalue weighted by Crippen LogP contribution is -2.27. The van der Waals surface area contributed by atoms with Gasteiger partial charge in [-0.05, 0) is 11.6 Å². The zero-order valence-electron chi connectivity index (χ0n) is 12.8. The number of esters is 1. The van der Waals surface area contributed by atoms with Gasteiger partial charge in [0.25, 0.3) is 0 Å². The molecule has 23 heavy (non-hydrogen) atoms. The molecule has 2 aromatic rings. The summed E-state index contributed by atoms with van der Waals surface area (Å²) in [6.07, 6.45) is -1.70. The third kappa shape index (κ3) is 5.36. The second kappa shape index (κ2) is 8.67. The average molecular weight is 335 g/mol. The molecule has 4 nitrogen and oxygen atoms in total. The molecule has 0 fully saturated rings. The highest BCUT2D eigenvalue weighted by Gasteiger charge is 2.25. The summed E-state index contributed by atoms with van der Waals surface area (Å²) in [5.74, 6) is -0.454. The minimum absolute atomic E-state index is 0.153. The van der Waals surface area contributed by atoms with Crippen molar-refractivity contribution in [2.24, 2.45) is 0 Å². The van der Waals surface area contributed by atoms with E-state index >= 15 is 0 Å². The number of carbonyl (C=O) groups is 1. The van der Waals surface area contributed by atoms with E-state index in [2.05, 4.69) is 0 Å². The molecule has 2 atom stereocenters. The highest BCUT2D eigenvalue weighted by molar-refractivity contribution is 6.31. The molecule has 0 aliphatic heterocycles. The molecule has 2 rings (SSSR count). The van der Waals surface area contributed by atoms with Crippen LogP contribution in [-0.2, 0) is 20.9 Å². The van der Waals surface area contributed by atoms with Crippen molar-refractivity contribution in [3.8, 4) is 0 Å². The fourth-order valence-corrected chi connectivity index (χ4v) is 2.41. The van der Waals surface area contributed by atoms with Gasteiger partial charge >= 0.3 is 5.97 Å². The van der Waals surface area contributed by atoms with E-state index < -0.39 is 18.2 Å². The van der Waals surface area contributed by atoms with Gasteiger partial charge in [0.1, 0.15) is 18.8 Å². The van der Waals surface area contributed by atoms with Gasteiger partial charge in [-0.2, -0.15) is 0 Å². The van der Waals surface area contributed by atoms with Crippen molar-refractivity contribution in [1.82, 2.24) is 0 Å². The Morgan fingerprint density at radius 3 is 2.43 bits per heavy atom. The van der Waals surface area contributed by atoms with Crippen molar-refractivity contribution < 1.29 is 19.4 Å². The molecule has 0 spiro atoms. The Morgan fingerprint density at radius 2 is 1.78 bits per heavy atom. The van der Waals surface area contributed by atoms with Crippen molar-refractivity contribution >= 4 is 17.6 Å². The normalized spacial score (nSPS) is 13.3. The molecule has 122 valence electrons. The Bertz CT molecular complexity index is 630. The van der Waals surface area contributed by atoms with Gasteiger partial charge in [0, 0.05) is 17.5 Å². The fourth-order valence-electron chi connectivity index (χ4n) is 2.16. The second-order valence-corrected chi connectivity index (χ2v) is 5.52. The second-order valence-electron chi connectivity index (χ2n) is 5.11. The van der Waals surface area contributed by atoms with Gasteiger partial charge in [-0.25, -0.2) is 0 Å². The highest BCUT2D eigenvalue weighted by atomic mass is 35.5. The van der Waals surface area contributed by atoms with Crippen molar-refractivity contribution in [2.75, 3.05) is 6.61 Å². The van der Waals surface area contributed by atoms with Gasteiger partial charge < -0.3 is 14.6 Å². The van der Waals surface area contributed by atoms with Crippen molar-refractivity contribution in [1.29, 1.82) is 0 Å². The number of hydrogen-bond donors (Lipinski definition) is 1. The molecule has 0 heterocycles. The Hall–Kier alpha value is -1.88. The van der Waals surface area contributed by atoms with Crippen LogP contribution in [0.1, 0.15) is 24.2 Å². The van der Waals surface area contributed by atoms with Gasteiger partial charge in [0.15, 0.2) is 0 Å². The summed E-state index contributed by atoms with van der Waals surface area (Å²) in [5, 5.41) is 10.8. The average Bonchev–Trinajstić information content (AvgIpc) is 2.55. The molecule has 0 amide bonds. The first-order valence-corrected chi connectivity index (χ1v) is 7.67. The van der Waals surface area contributed by atoms with E-state index in [9.17, 15) is 9.90 Å². The molecule has 2 aromatic carbocycles. The number of aliphatic hydroxyl groups is 1. The van der Waals surface area contributed by atoms with Crippen LogP contribution in [0.3, 0.4) is 0 Å². The number of hydrogen-bond acceptors (Lipinski definition) is 4. The maximum absolute atomic E-state index is 11.0. The smallest absolute Gasteiger partial charge is 0.302 e. The predicted molar refractivity (Wildman–Crippen MR) is 88.1 cm³/mol. The molecule has 0 aromatic heterocycles. The first-order valence-electron chi connectivity index (χ1n) is 7.29. The van der Waals surface area contributed by atoms with Crippen LogP contribution in [0.15, 0.2) is 54.6 Å². The molecule has 0 radical (unpaired) electrons. The van der Waals surface area contributed by atoms with Crippen LogP contribution in [0.5, 0.6) is 0 Å². The molecular formula is C18H19ClO4. The van der Waals surface area contributed by atoms with Crippen LogP contribution in [0.2, 0.25) is 5.02 Å². The summed E-state index contributed by atoms with van der Waals surface area (Å²) < 4.78 is 10.7. The Labute approximate surface area is 140 Å². The maximum Gasteiger partial charge on any atom is 0.302 e. The number of benzene rings is 2. The van der Waals surface area contributed by atoms with Crippen LogP contribution >= 0.6 is 11.6 Å². The Balaban J connectivity index is 2.14. The topological polar surface area (TPSA) is 55.8 Å². The molecule has 1 N–H and O–H groups in total. The maximum atomic E-state index is 11.0. The third-order valence-electron chi connectivity index (χ3n) is 3.29. The summed E-state index contributed by atoms with van der Waals surface area (Å²) in [7, 11) is 0. The van der Waals surface area contributed by atoms with Gasteiger partial charge in [-0.15, -0.1) is 0 Å². The molecule has 0 aliphatic carbocycles. The van der Waals surface area contributed by atoms with Crippen LogP contribution < -0.4 is 0 Å². The summed E-state index contributed by atoms with van der Waals surface area (Å²) >= 11 is 6.21. The molecule has 0 aliphatic rings. The fraction of sp³-hybridized carbons (Fsp3) is 0.278. The van der Waals surface area contributed by atoms with E-state index in [-0.39, 0.29) is 6.61 Å².